The fourth-order valence-electron chi connectivity index (χ4n) is 1.02. The van der Waals surface area contributed by atoms with Crippen LogP contribution < -0.4 is 4.74 Å². The van der Waals surface area contributed by atoms with E-state index in [1.165, 1.54) is 13.0 Å². The van der Waals surface area contributed by atoms with E-state index in [1.54, 1.807) is 0 Å². The van der Waals surface area contributed by atoms with E-state index in [0.717, 1.165) is 12.1 Å². The fourth-order valence-corrected chi connectivity index (χ4v) is 1.02. The van der Waals surface area contributed by atoms with Crippen LogP contribution in [0, 0.1) is 6.92 Å². The first-order valence-corrected chi connectivity index (χ1v) is 3.89. The number of halogens is 3. The van der Waals surface area contributed by atoms with E-state index in [4.69, 9.17) is 5.11 Å². The number of benzene rings is 1. The van der Waals surface area contributed by atoms with Crippen LogP contribution in [-0.2, 0) is 0 Å². The number of aryl methyl sites for hydroxylation is 1. The summed E-state index contributed by atoms with van der Waals surface area (Å²) >= 11 is 0. The van der Waals surface area contributed by atoms with Crippen molar-refractivity contribution in [3.63, 3.8) is 0 Å². The van der Waals surface area contributed by atoms with Crippen molar-refractivity contribution in [3.05, 3.63) is 29.3 Å². The van der Waals surface area contributed by atoms with Gasteiger partial charge in [0.05, 0.1) is 0 Å². The molecule has 0 aliphatic heterocycles. The number of aromatic carboxylic acids is 1. The maximum Gasteiger partial charge on any atom is 0.573 e. The van der Waals surface area contributed by atoms with Crippen LogP contribution in [0.4, 0.5) is 13.2 Å². The molecule has 1 rings (SSSR count). The monoisotopic (exact) mass is 220 g/mol. The Hall–Kier alpha value is -1.72. The molecule has 0 saturated heterocycles. The van der Waals surface area contributed by atoms with E-state index in [1.807, 2.05) is 0 Å². The minimum absolute atomic E-state index is 0.485. The molecule has 3 nitrogen and oxygen atoms in total. The topological polar surface area (TPSA) is 46.5 Å². The van der Waals surface area contributed by atoms with Gasteiger partial charge in [-0.2, -0.15) is 0 Å². The summed E-state index contributed by atoms with van der Waals surface area (Å²) < 4.78 is 39.3. The fraction of sp³-hybridized carbons (Fsp3) is 0.222. The van der Waals surface area contributed by atoms with Gasteiger partial charge in [-0.25, -0.2) is 4.79 Å². The molecule has 0 heterocycles. The molecule has 1 aromatic carbocycles. The molecule has 1 aromatic rings. The van der Waals surface area contributed by atoms with E-state index in [0.29, 0.717) is 5.56 Å². The van der Waals surface area contributed by atoms with Gasteiger partial charge in [0.15, 0.2) is 0 Å². The summed E-state index contributed by atoms with van der Waals surface area (Å²) in [6.07, 6.45) is -4.89. The summed E-state index contributed by atoms with van der Waals surface area (Å²) in [4.78, 5) is 10.6. The Morgan fingerprint density at radius 2 is 2.00 bits per heavy atom. The van der Waals surface area contributed by atoms with Crippen LogP contribution >= 0.6 is 0 Å². The molecule has 0 atom stereocenters. The van der Waals surface area contributed by atoms with Gasteiger partial charge in [-0.15, -0.1) is 13.2 Å². The Morgan fingerprint density at radius 1 is 1.40 bits per heavy atom. The largest absolute Gasteiger partial charge is 0.573 e. The highest BCUT2D eigenvalue weighted by molar-refractivity contribution is 5.90. The van der Waals surface area contributed by atoms with Crippen LogP contribution in [0.25, 0.3) is 0 Å². The lowest BCUT2D eigenvalue weighted by atomic mass is 10.1. The standard InChI is InChI=1S/C9H7F3O3/c1-5-2-3-6(8(13)14)7(4-5)15-9(10,11)12/h2-4H,1H3,(H,13,14). The first-order valence-electron chi connectivity index (χ1n) is 3.89. The molecule has 0 unspecified atom stereocenters. The average Bonchev–Trinajstić information content (AvgIpc) is 1.99. The van der Waals surface area contributed by atoms with E-state index in [2.05, 4.69) is 4.74 Å². The second-order valence-corrected chi connectivity index (χ2v) is 2.85. The van der Waals surface area contributed by atoms with Crippen molar-refractivity contribution in [1.29, 1.82) is 0 Å². The lowest BCUT2D eigenvalue weighted by Crippen LogP contribution is -2.19. The number of ether oxygens (including phenoxy) is 1. The summed E-state index contributed by atoms with van der Waals surface area (Å²) in [6.45, 7) is 1.54. The highest BCUT2D eigenvalue weighted by Gasteiger charge is 2.32. The number of rotatable bonds is 2. The van der Waals surface area contributed by atoms with E-state index in [-0.39, 0.29) is 0 Å². The van der Waals surface area contributed by atoms with Crippen LogP contribution in [0.2, 0.25) is 0 Å². The number of alkyl halides is 3. The summed E-state index contributed by atoms with van der Waals surface area (Å²) in [5, 5.41) is 8.61. The molecule has 0 amide bonds. The number of carboxylic acid groups (broad SMARTS) is 1. The second-order valence-electron chi connectivity index (χ2n) is 2.85. The van der Waals surface area contributed by atoms with Gasteiger partial charge >= 0.3 is 12.3 Å². The van der Waals surface area contributed by atoms with Crippen LogP contribution in [0.15, 0.2) is 18.2 Å². The van der Waals surface area contributed by atoms with Crippen molar-refractivity contribution < 1.29 is 27.8 Å². The lowest BCUT2D eigenvalue weighted by Gasteiger charge is -2.11. The van der Waals surface area contributed by atoms with Crippen molar-refractivity contribution in [1.82, 2.24) is 0 Å². The van der Waals surface area contributed by atoms with Crippen LogP contribution in [0.1, 0.15) is 15.9 Å². The number of hydrogen-bond acceptors (Lipinski definition) is 2. The molecule has 0 aliphatic rings. The highest BCUT2D eigenvalue weighted by Crippen LogP contribution is 2.27. The number of carbonyl (C=O) groups is 1. The molecule has 6 heteroatoms. The first-order chi connectivity index (χ1) is 6.79. The summed E-state index contributed by atoms with van der Waals surface area (Å²) in [5.41, 5.74) is -0.0304. The van der Waals surface area contributed by atoms with E-state index >= 15 is 0 Å². The number of hydrogen-bond donors (Lipinski definition) is 1. The number of carboxylic acids is 1. The average molecular weight is 220 g/mol. The van der Waals surface area contributed by atoms with Crippen LogP contribution in [0.5, 0.6) is 5.75 Å². The molecule has 15 heavy (non-hydrogen) atoms. The van der Waals surface area contributed by atoms with Crippen LogP contribution in [0.3, 0.4) is 0 Å². The molecule has 0 bridgehead atoms. The van der Waals surface area contributed by atoms with Crippen molar-refractivity contribution in [2.75, 3.05) is 0 Å². The molecular weight excluding hydrogens is 213 g/mol. The Labute approximate surface area is 83.1 Å². The van der Waals surface area contributed by atoms with Crippen molar-refractivity contribution in [2.24, 2.45) is 0 Å². The van der Waals surface area contributed by atoms with Gasteiger partial charge in [-0.3, -0.25) is 0 Å². The first kappa shape index (κ1) is 11.4. The van der Waals surface area contributed by atoms with Gasteiger partial charge < -0.3 is 9.84 Å². The molecular formula is C9H7F3O3. The third-order valence-electron chi connectivity index (χ3n) is 1.59. The maximum atomic E-state index is 11.9. The zero-order valence-corrected chi connectivity index (χ0v) is 7.63. The third-order valence-corrected chi connectivity index (χ3v) is 1.59. The maximum absolute atomic E-state index is 11.9. The smallest absolute Gasteiger partial charge is 0.478 e. The van der Waals surface area contributed by atoms with E-state index < -0.39 is 23.6 Å². The molecule has 82 valence electrons. The van der Waals surface area contributed by atoms with Gasteiger partial charge in [-0.1, -0.05) is 6.07 Å². The Kier molecular flexibility index (Phi) is 2.88. The van der Waals surface area contributed by atoms with Crippen molar-refractivity contribution in [2.45, 2.75) is 13.3 Å². The Balaban J connectivity index is 3.13. The van der Waals surface area contributed by atoms with E-state index in [9.17, 15) is 18.0 Å². The van der Waals surface area contributed by atoms with Gasteiger partial charge in [0.2, 0.25) is 0 Å². The Morgan fingerprint density at radius 3 is 2.47 bits per heavy atom. The van der Waals surface area contributed by atoms with Crippen molar-refractivity contribution >= 4 is 5.97 Å². The second kappa shape index (κ2) is 3.80. The molecule has 0 spiro atoms. The van der Waals surface area contributed by atoms with Crippen molar-refractivity contribution in [3.8, 4) is 5.75 Å². The van der Waals surface area contributed by atoms with Gasteiger partial charge in [0.25, 0.3) is 0 Å². The zero-order chi connectivity index (χ0) is 11.6. The molecule has 0 saturated carbocycles. The lowest BCUT2D eigenvalue weighted by molar-refractivity contribution is -0.274. The van der Waals surface area contributed by atoms with Crippen LogP contribution in [-0.4, -0.2) is 17.4 Å². The third kappa shape index (κ3) is 3.16. The Bertz CT molecular complexity index is 385. The predicted octanol–water partition coefficient (Wildman–Crippen LogP) is 2.59. The summed E-state index contributed by atoms with van der Waals surface area (Å²) in [5.74, 6) is -2.16. The molecule has 1 N–H and O–H groups in total. The molecule has 0 fully saturated rings. The normalized spacial score (nSPS) is 11.2. The van der Waals surface area contributed by atoms with Gasteiger partial charge in [0.1, 0.15) is 11.3 Å². The zero-order valence-electron chi connectivity index (χ0n) is 7.63. The van der Waals surface area contributed by atoms with Gasteiger partial charge in [-0.05, 0) is 24.6 Å². The molecule has 0 radical (unpaired) electrons. The highest BCUT2D eigenvalue weighted by atomic mass is 19.4. The van der Waals surface area contributed by atoms with Gasteiger partial charge in [0, 0.05) is 0 Å². The minimum Gasteiger partial charge on any atom is -0.478 e. The SMILES string of the molecule is Cc1ccc(C(=O)O)c(OC(F)(F)F)c1. The quantitative estimate of drug-likeness (QED) is 0.833. The summed E-state index contributed by atoms with van der Waals surface area (Å²) in [7, 11) is 0. The summed E-state index contributed by atoms with van der Waals surface area (Å²) in [6, 6.07) is 3.49. The predicted molar refractivity (Wildman–Crippen MR) is 44.8 cm³/mol. The molecule has 0 aromatic heterocycles. The molecule has 0 aliphatic carbocycles. The minimum atomic E-state index is -4.89.